The quantitative estimate of drug-likeness (QED) is 0.852. The van der Waals surface area contributed by atoms with Crippen LogP contribution in [0.25, 0.3) is 0 Å². The summed E-state index contributed by atoms with van der Waals surface area (Å²) in [6.45, 7) is 2.74. The summed E-state index contributed by atoms with van der Waals surface area (Å²) >= 11 is 7.38. The Kier molecular flexibility index (Phi) is 3.69. The molecule has 0 radical (unpaired) electrons. The number of nitrogens with one attached hydrogen (secondary N) is 1. The maximum atomic E-state index is 5.72. The molecule has 0 saturated heterocycles. The lowest BCUT2D eigenvalue weighted by atomic mass is 10.3. The van der Waals surface area contributed by atoms with Crippen LogP contribution in [0.2, 0.25) is 5.28 Å². The van der Waals surface area contributed by atoms with Crippen molar-refractivity contribution in [2.75, 3.05) is 11.9 Å². The van der Waals surface area contributed by atoms with Gasteiger partial charge in [-0.1, -0.05) is 0 Å². The van der Waals surface area contributed by atoms with Crippen LogP contribution in [0.15, 0.2) is 17.8 Å². The first-order valence-corrected chi connectivity index (χ1v) is 6.13. The van der Waals surface area contributed by atoms with E-state index in [4.69, 9.17) is 11.6 Å². The molecule has 0 spiro atoms. The van der Waals surface area contributed by atoms with Gasteiger partial charge in [0.05, 0.1) is 5.01 Å². The Morgan fingerprint density at radius 2 is 2.31 bits per heavy atom. The first-order chi connectivity index (χ1) is 7.75. The molecule has 2 aromatic rings. The zero-order valence-corrected chi connectivity index (χ0v) is 10.3. The minimum absolute atomic E-state index is 0.266. The summed E-state index contributed by atoms with van der Waals surface area (Å²) in [5, 5.41) is 6.58. The predicted molar refractivity (Wildman–Crippen MR) is 66.1 cm³/mol. The van der Waals surface area contributed by atoms with Gasteiger partial charge < -0.3 is 5.32 Å². The molecular formula is C10H11ClN4S. The number of rotatable bonds is 4. The van der Waals surface area contributed by atoms with Gasteiger partial charge in [-0.2, -0.15) is 0 Å². The van der Waals surface area contributed by atoms with E-state index in [1.807, 2.05) is 18.5 Å². The smallest absolute Gasteiger partial charge is 0.224 e. The van der Waals surface area contributed by atoms with Crippen molar-refractivity contribution < 1.29 is 0 Å². The van der Waals surface area contributed by atoms with E-state index >= 15 is 0 Å². The molecular weight excluding hydrogens is 244 g/mol. The van der Waals surface area contributed by atoms with Crippen molar-refractivity contribution in [2.45, 2.75) is 13.3 Å². The number of nitrogens with zero attached hydrogens (tertiary/aromatic N) is 3. The number of aromatic nitrogens is 3. The average molecular weight is 255 g/mol. The van der Waals surface area contributed by atoms with E-state index < -0.39 is 0 Å². The normalized spacial score (nSPS) is 10.4. The third-order valence-electron chi connectivity index (χ3n) is 2.06. The monoisotopic (exact) mass is 254 g/mol. The lowest BCUT2D eigenvalue weighted by Crippen LogP contribution is -2.08. The largest absolute Gasteiger partial charge is 0.369 e. The highest BCUT2D eigenvalue weighted by atomic mass is 35.5. The predicted octanol–water partition coefficient (Wildman–Crippen LogP) is 2.55. The second kappa shape index (κ2) is 5.23. The fourth-order valence-corrected chi connectivity index (χ4v) is 2.02. The molecule has 16 heavy (non-hydrogen) atoms. The SMILES string of the molecule is Cc1cnc(Cl)nc1NCCc1nccs1. The zero-order valence-electron chi connectivity index (χ0n) is 8.77. The number of anilines is 1. The molecule has 0 aliphatic rings. The molecule has 0 bridgehead atoms. The Morgan fingerprint density at radius 3 is 3.06 bits per heavy atom. The Morgan fingerprint density at radius 1 is 1.44 bits per heavy atom. The second-order valence-electron chi connectivity index (χ2n) is 3.27. The van der Waals surface area contributed by atoms with E-state index in [0.29, 0.717) is 0 Å². The van der Waals surface area contributed by atoms with Crippen LogP contribution in [0.1, 0.15) is 10.6 Å². The van der Waals surface area contributed by atoms with Crippen molar-refractivity contribution >= 4 is 28.8 Å². The highest BCUT2D eigenvalue weighted by Gasteiger charge is 2.02. The molecule has 0 saturated carbocycles. The molecule has 2 aromatic heterocycles. The molecule has 4 nitrogen and oxygen atoms in total. The summed E-state index contributed by atoms with van der Waals surface area (Å²) in [5.74, 6) is 0.788. The van der Waals surface area contributed by atoms with Gasteiger partial charge in [-0.05, 0) is 18.5 Å². The Labute approximate surface area is 103 Å². The summed E-state index contributed by atoms with van der Waals surface area (Å²) < 4.78 is 0. The molecule has 0 atom stereocenters. The summed E-state index contributed by atoms with van der Waals surface area (Å²) in [6.07, 6.45) is 4.41. The van der Waals surface area contributed by atoms with Crippen LogP contribution in [0.3, 0.4) is 0 Å². The van der Waals surface area contributed by atoms with E-state index in [9.17, 15) is 0 Å². The van der Waals surface area contributed by atoms with Gasteiger partial charge in [0, 0.05) is 36.3 Å². The number of halogens is 1. The third kappa shape index (κ3) is 2.90. The van der Waals surface area contributed by atoms with Crippen LogP contribution in [0.4, 0.5) is 5.82 Å². The zero-order chi connectivity index (χ0) is 11.4. The summed E-state index contributed by atoms with van der Waals surface area (Å²) in [7, 11) is 0. The van der Waals surface area contributed by atoms with Crippen molar-refractivity contribution in [3.05, 3.63) is 33.6 Å². The Hall–Kier alpha value is -1.20. The first kappa shape index (κ1) is 11.3. The third-order valence-corrected chi connectivity index (χ3v) is 3.08. The van der Waals surface area contributed by atoms with Gasteiger partial charge in [0.2, 0.25) is 5.28 Å². The molecule has 6 heteroatoms. The van der Waals surface area contributed by atoms with Crippen molar-refractivity contribution in [2.24, 2.45) is 0 Å². The second-order valence-corrected chi connectivity index (χ2v) is 4.59. The minimum Gasteiger partial charge on any atom is -0.369 e. The Balaban J connectivity index is 1.92. The summed E-state index contributed by atoms with van der Waals surface area (Å²) in [6, 6.07) is 0. The molecule has 0 amide bonds. The van der Waals surface area contributed by atoms with Gasteiger partial charge >= 0.3 is 0 Å². The van der Waals surface area contributed by atoms with Gasteiger partial charge in [0.15, 0.2) is 0 Å². The minimum atomic E-state index is 0.266. The number of hydrogen-bond acceptors (Lipinski definition) is 5. The van der Waals surface area contributed by atoms with E-state index in [1.54, 1.807) is 17.5 Å². The van der Waals surface area contributed by atoms with Gasteiger partial charge in [-0.25, -0.2) is 15.0 Å². The average Bonchev–Trinajstić information content (AvgIpc) is 2.76. The number of hydrogen-bond donors (Lipinski definition) is 1. The number of thiazole rings is 1. The maximum Gasteiger partial charge on any atom is 0.224 e. The van der Waals surface area contributed by atoms with Gasteiger partial charge in [0.25, 0.3) is 0 Å². The molecule has 0 aromatic carbocycles. The Bertz CT molecular complexity index is 458. The van der Waals surface area contributed by atoms with Gasteiger partial charge in [-0.3, -0.25) is 0 Å². The van der Waals surface area contributed by atoms with Crippen LogP contribution in [-0.2, 0) is 6.42 Å². The lowest BCUT2D eigenvalue weighted by molar-refractivity contribution is 0.976. The van der Waals surface area contributed by atoms with Crippen LogP contribution in [-0.4, -0.2) is 21.5 Å². The number of aryl methyl sites for hydroxylation is 1. The topological polar surface area (TPSA) is 50.7 Å². The molecule has 0 aliphatic heterocycles. The van der Waals surface area contributed by atoms with Crippen LogP contribution >= 0.6 is 22.9 Å². The summed E-state index contributed by atoms with van der Waals surface area (Å²) in [5.41, 5.74) is 0.989. The van der Waals surface area contributed by atoms with Crippen molar-refractivity contribution in [3.63, 3.8) is 0 Å². The molecule has 1 N–H and O–H groups in total. The van der Waals surface area contributed by atoms with E-state index in [2.05, 4.69) is 20.3 Å². The summed E-state index contributed by atoms with van der Waals surface area (Å²) in [4.78, 5) is 12.2. The molecule has 84 valence electrons. The van der Waals surface area contributed by atoms with Crippen molar-refractivity contribution in [3.8, 4) is 0 Å². The standard InChI is InChI=1S/C10H11ClN4S/c1-7-6-14-10(11)15-9(7)13-3-2-8-12-4-5-16-8/h4-6H,2-3H2,1H3,(H,13,14,15). The van der Waals surface area contributed by atoms with Crippen LogP contribution < -0.4 is 5.32 Å². The highest BCUT2D eigenvalue weighted by Crippen LogP contribution is 2.13. The highest BCUT2D eigenvalue weighted by molar-refractivity contribution is 7.09. The molecule has 2 rings (SSSR count). The van der Waals surface area contributed by atoms with Crippen molar-refractivity contribution in [1.82, 2.24) is 15.0 Å². The van der Waals surface area contributed by atoms with Crippen molar-refractivity contribution in [1.29, 1.82) is 0 Å². The van der Waals surface area contributed by atoms with E-state index in [0.717, 1.165) is 29.4 Å². The van der Waals surface area contributed by atoms with E-state index in [-0.39, 0.29) is 5.28 Å². The first-order valence-electron chi connectivity index (χ1n) is 4.87. The molecule has 0 unspecified atom stereocenters. The lowest BCUT2D eigenvalue weighted by Gasteiger charge is -2.06. The van der Waals surface area contributed by atoms with Crippen LogP contribution in [0.5, 0.6) is 0 Å². The molecule has 0 aliphatic carbocycles. The van der Waals surface area contributed by atoms with Crippen LogP contribution in [0, 0.1) is 6.92 Å². The molecule has 2 heterocycles. The fourth-order valence-electron chi connectivity index (χ4n) is 1.26. The fraction of sp³-hybridized carbons (Fsp3) is 0.300. The van der Waals surface area contributed by atoms with E-state index in [1.165, 1.54) is 0 Å². The maximum absolute atomic E-state index is 5.72. The van der Waals surface area contributed by atoms with Gasteiger partial charge in [0.1, 0.15) is 5.82 Å². The molecule has 0 fully saturated rings. The van der Waals surface area contributed by atoms with Gasteiger partial charge in [-0.15, -0.1) is 11.3 Å².